The minimum absolute atomic E-state index is 0.0213. The summed E-state index contributed by atoms with van der Waals surface area (Å²) in [6.07, 6.45) is 0. The summed E-state index contributed by atoms with van der Waals surface area (Å²) >= 11 is 0. The molecule has 0 spiro atoms. The molecule has 166 valence electrons. The maximum atomic E-state index is 12.6. The molecule has 0 radical (unpaired) electrons. The van der Waals surface area contributed by atoms with Crippen molar-refractivity contribution in [1.29, 1.82) is 0 Å². The Kier molecular flexibility index (Phi) is 6.74. The maximum absolute atomic E-state index is 12.6. The number of amides is 2. The largest absolute Gasteiger partial charge is 0.354 e. The van der Waals surface area contributed by atoms with Gasteiger partial charge >= 0.3 is 10.2 Å². The fraction of sp³-hybridized carbons (Fsp3) is 0.263. The van der Waals surface area contributed by atoms with Crippen LogP contribution in [0.15, 0.2) is 59.5 Å². The lowest BCUT2D eigenvalue weighted by atomic mass is 10.2. The second-order valence-corrected chi connectivity index (χ2v) is 10.6. The van der Waals surface area contributed by atoms with Gasteiger partial charge < -0.3 is 5.32 Å². The van der Waals surface area contributed by atoms with Crippen molar-refractivity contribution in [3.63, 3.8) is 0 Å². The zero-order valence-electron chi connectivity index (χ0n) is 16.7. The van der Waals surface area contributed by atoms with Crippen LogP contribution >= 0.6 is 0 Å². The van der Waals surface area contributed by atoms with Gasteiger partial charge in [-0.15, -0.1) is 0 Å². The fourth-order valence-electron chi connectivity index (χ4n) is 2.93. The first-order valence-electron chi connectivity index (χ1n) is 9.29. The highest BCUT2D eigenvalue weighted by Gasteiger charge is 2.29. The number of hydrogen-bond donors (Lipinski definition) is 2. The topological polar surface area (TPSA) is 133 Å². The molecule has 12 heteroatoms. The standard InChI is InChI=1S/C19H22N4O6S2/c1-22(13-15-5-3-2-4-6-15)31(28,29)21-19(25)16-7-9-17(10-8-16)30(26,27)23-12-11-20-18(24)14-23/h2-10H,11-14H2,1H3,(H,20,24)(H,21,25). The minimum atomic E-state index is -4.10. The quantitative estimate of drug-likeness (QED) is 0.586. The van der Waals surface area contributed by atoms with Crippen LogP contribution in [0.1, 0.15) is 15.9 Å². The van der Waals surface area contributed by atoms with Crippen LogP contribution in [-0.2, 0) is 31.6 Å². The first-order valence-corrected chi connectivity index (χ1v) is 12.2. The van der Waals surface area contributed by atoms with Crippen LogP contribution in [0.3, 0.4) is 0 Å². The number of sulfonamides is 1. The van der Waals surface area contributed by atoms with Crippen LogP contribution in [0, 0.1) is 0 Å². The molecule has 31 heavy (non-hydrogen) atoms. The summed E-state index contributed by atoms with van der Waals surface area (Å²) in [5.74, 6) is -1.28. The van der Waals surface area contributed by atoms with Crippen LogP contribution in [0.4, 0.5) is 0 Å². The smallest absolute Gasteiger partial charge is 0.304 e. The number of benzene rings is 2. The van der Waals surface area contributed by atoms with Gasteiger partial charge in [-0.1, -0.05) is 30.3 Å². The Morgan fingerprint density at radius 1 is 1.06 bits per heavy atom. The Bertz CT molecular complexity index is 1170. The summed E-state index contributed by atoms with van der Waals surface area (Å²) in [6, 6.07) is 13.7. The number of hydrogen-bond acceptors (Lipinski definition) is 6. The van der Waals surface area contributed by atoms with Gasteiger partial charge in [0, 0.05) is 32.2 Å². The molecule has 1 heterocycles. The molecule has 1 aliphatic rings. The Morgan fingerprint density at radius 3 is 2.32 bits per heavy atom. The average molecular weight is 467 g/mol. The van der Waals surface area contributed by atoms with Crippen molar-refractivity contribution in [3.8, 4) is 0 Å². The molecule has 2 amide bonds. The summed E-state index contributed by atoms with van der Waals surface area (Å²) in [4.78, 5) is 23.8. The van der Waals surface area contributed by atoms with E-state index < -0.39 is 32.0 Å². The number of nitrogens with one attached hydrogen (secondary N) is 2. The van der Waals surface area contributed by atoms with Gasteiger partial charge in [-0.2, -0.15) is 17.0 Å². The predicted octanol–water partition coefficient (Wildman–Crippen LogP) is -0.0863. The van der Waals surface area contributed by atoms with Crippen molar-refractivity contribution >= 4 is 32.0 Å². The monoisotopic (exact) mass is 466 g/mol. The number of carbonyl (C=O) groups is 2. The van der Waals surface area contributed by atoms with E-state index in [1.54, 1.807) is 24.3 Å². The predicted molar refractivity (Wildman–Crippen MR) is 113 cm³/mol. The van der Waals surface area contributed by atoms with Gasteiger partial charge in [-0.3, -0.25) is 9.59 Å². The van der Waals surface area contributed by atoms with Crippen LogP contribution in [0.25, 0.3) is 0 Å². The van der Waals surface area contributed by atoms with Crippen molar-refractivity contribution in [1.82, 2.24) is 18.6 Å². The van der Waals surface area contributed by atoms with E-state index in [4.69, 9.17) is 0 Å². The van der Waals surface area contributed by atoms with Crippen LogP contribution in [0.5, 0.6) is 0 Å². The molecular weight excluding hydrogens is 444 g/mol. The van der Waals surface area contributed by atoms with E-state index in [0.717, 1.165) is 14.2 Å². The van der Waals surface area contributed by atoms with Crippen molar-refractivity contribution in [2.24, 2.45) is 0 Å². The van der Waals surface area contributed by atoms with E-state index >= 15 is 0 Å². The summed E-state index contributed by atoms with van der Waals surface area (Å²) in [5, 5.41) is 2.55. The van der Waals surface area contributed by atoms with Crippen molar-refractivity contribution < 1.29 is 26.4 Å². The highest BCUT2D eigenvalue weighted by atomic mass is 32.2. The number of piperazine rings is 1. The molecule has 2 aromatic rings. The Labute approximate surface area is 181 Å². The average Bonchev–Trinajstić information content (AvgIpc) is 2.74. The highest BCUT2D eigenvalue weighted by molar-refractivity contribution is 7.89. The number of nitrogens with zero attached hydrogens (tertiary/aromatic N) is 2. The first kappa shape index (κ1) is 22.9. The second-order valence-electron chi connectivity index (χ2n) is 6.89. The molecule has 1 saturated heterocycles. The van der Waals surface area contributed by atoms with Gasteiger partial charge in [-0.25, -0.2) is 13.1 Å². The molecule has 1 aliphatic heterocycles. The first-order chi connectivity index (χ1) is 14.6. The molecule has 0 unspecified atom stereocenters. The van der Waals surface area contributed by atoms with E-state index in [9.17, 15) is 26.4 Å². The third-order valence-corrected chi connectivity index (χ3v) is 7.89. The molecule has 0 bridgehead atoms. The van der Waals surface area contributed by atoms with Gasteiger partial charge in [0.25, 0.3) is 5.91 Å². The third-order valence-electron chi connectivity index (χ3n) is 4.64. The summed E-state index contributed by atoms with van der Waals surface area (Å²) in [7, 11) is -6.67. The van der Waals surface area contributed by atoms with E-state index in [2.05, 4.69) is 5.32 Å². The number of carbonyl (C=O) groups excluding carboxylic acids is 2. The molecule has 3 rings (SSSR count). The van der Waals surface area contributed by atoms with Gasteiger partial charge in [0.2, 0.25) is 15.9 Å². The summed E-state index contributed by atoms with van der Waals surface area (Å²) < 4.78 is 54.2. The van der Waals surface area contributed by atoms with Gasteiger partial charge in [-0.05, 0) is 29.8 Å². The molecule has 0 aromatic heterocycles. The lowest BCUT2D eigenvalue weighted by molar-refractivity contribution is -0.122. The molecule has 10 nitrogen and oxygen atoms in total. The molecule has 0 saturated carbocycles. The molecule has 1 fully saturated rings. The van der Waals surface area contributed by atoms with E-state index in [1.165, 1.54) is 31.3 Å². The lowest BCUT2D eigenvalue weighted by Crippen LogP contribution is -2.49. The Balaban J connectivity index is 1.69. The fourth-order valence-corrected chi connectivity index (χ4v) is 5.15. The van der Waals surface area contributed by atoms with Gasteiger partial charge in [0.15, 0.2) is 0 Å². The van der Waals surface area contributed by atoms with Crippen LogP contribution in [-0.4, -0.2) is 63.9 Å². The Morgan fingerprint density at radius 2 is 1.71 bits per heavy atom. The van der Waals surface area contributed by atoms with Crippen molar-refractivity contribution in [3.05, 3.63) is 65.7 Å². The summed E-state index contributed by atoms with van der Waals surface area (Å²) in [6.45, 7) is 0.149. The molecule has 0 aliphatic carbocycles. The zero-order chi connectivity index (χ0) is 22.6. The molecular formula is C19H22N4O6S2. The van der Waals surface area contributed by atoms with Crippen molar-refractivity contribution in [2.45, 2.75) is 11.4 Å². The second kappa shape index (κ2) is 9.14. The molecule has 2 aromatic carbocycles. The van der Waals surface area contributed by atoms with Gasteiger partial charge in [0.05, 0.1) is 11.4 Å². The Hall–Kier alpha value is -2.80. The highest BCUT2D eigenvalue weighted by Crippen LogP contribution is 2.17. The minimum Gasteiger partial charge on any atom is -0.354 e. The van der Waals surface area contributed by atoms with E-state index in [1.807, 2.05) is 10.8 Å². The zero-order valence-corrected chi connectivity index (χ0v) is 18.3. The summed E-state index contributed by atoms with van der Waals surface area (Å²) in [5.41, 5.74) is 0.732. The van der Waals surface area contributed by atoms with E-state index in [-0.39, 0.29) is 36.6 Å². The maximum Gasteiger partial charge on any atom is 0.304 e. The third kappa shape index (κ3) is 5.47. The SMILES string of the molecule is CN(Cc1ccccc1)S(=O)(=O)NC(=O)c1ccc(S(=O)(=O)N2CCNC(=O)C2)cc1. The normalized spacial score (nSPS) is 15.5. The molecule has 0 atom stereocenters. The van der Waals surface area contributed by atoms with Crippen LogP contribution < -0.4 is 10.0 Å². The van der Waals surface area contributed by atoms with E-state index in [0.29, 0.717) is 0 Å². The van der Waals surface area contributed by atoms with Crippen LogP contribution in [0.2, 0.25) is 0 Å². The van der Waals surface area contributed by atoms with Gasteiger partial charge in [0.1, 0.15) is 0 Å². The van der Waals surface area contributed by atoms with Crippen molar-refractivity contribution in [2.75, 3.05) is 26.7 Å². The number of rotatable bonds is 7. The molecule has 2 N–H and O–H groups in total. The lowest BCUT2D eigenvalue weighted by Gasteiger charge is -2.25.